The van der Waals surface area contributed by atoms with E-state index >= 15 is 0 Å². The normalized spacial score (nSPS) is 12.4. The number of ketones is 1. The molecule has 1 unspecified atom stereocenters. The monoisotopic (exact) mass is 294 g/mol. The fraction of sp³-hybridized carbons (Fsp3) is 0.381. The van der Waals surface area contributed by atoms with Crippen LogP contribution >= 0.6 is 0 Å². The van der Waals surface area contributed by atoms with Gasteiger partial charge in [0.25, 0.3) is 0 Å². The van der Waals surface area contributed by atoms with Crippen LogP contribution in [0, 0.1) is 5.92 Å². The molecule has 0 radical (unpaired) electrons. The van der Waals surface area contributed by atoms with Gasteiger partial charge in [0.1, 0.15) is 5.78 Å². The third-order valence-electron chi connectivity index (χ3n) is 4.11. The van der Waals surface area contributed by atoms with E-state index in [2.05, 4.69) is 50.2 Å². The molecular weight excluding hydrogens is 268 g/mol. The summed E-state index contributed by atoms with van der Waals surface area (Å²) < 4.78 is 0. The molecule has 0 aromatic heterocycles. The summed E-state index contributed by atoms with van der Waals surface area (Å²) in [6, 6.07) is 18.8. The fourth-order valence-electron chi connectivity index (χ4n) is 2.73. The first-order valence-electron chi connectivity index (χ1n) is 8.21. The van der Waals surface area contributed by atoms with Crippen LogP contribution in [0.25, 0.3) is 0 Å². The van der Waals surface area contributed by atoms with Crippen molar-refractivity contribution >= 4 is 5.78 Å². The maximum absolute atomic E-state index is 12.4. The van der Waals surface area contributed by atoms with Crippen LogP contribution in [-0.2, 0) is 17.6 Å². The minimum Gasteiger partial charge on any atom is -0.299 e. The summed E-state index contributed by atoms with van der Waals surface area (Å²) >= 11 is 0. The van der Waals surface area contributed by atoms with Crippen LogP contribution in [0.3, 0.4) is 0 Å². The van der Waals surface area contributed by atoms with Crippen LogP contribution in [0.2, 0.25) is 0 Å². The second kappa shape index (κ2) is 7.93. The SMILES string of the molecule is CC(C)Cc1ccc(C(C)C(=O)CCc2ccccc2)cc1. The molecule has 2 aromatic rings. The lowest BCUT2D eigenvalue weighted by atomic mass is 9.91. The molecule has 0 aliphatic heterocycles. The molecule has 0 heterocycles. The number of hydrogen-bond donors (Lipinski definition) is 0. The Morgan fingerprint density at radius 1 is 0.864 bits per heavy atom. The third kappa shape index (κ3) is 4.84. The molecule has 0 saturated heterocycles. The van der Waals surface area contributed by atoms with Crippen molar-refractivity contribution in [3.05, 3.63) is 71.3 Å². The van der Waals surface area contributed by atoms with Crippen LogP contribution in [0.4, 0.5) is 0 Å². The lowest BCUT2D eigenvalue weighted by molar-refractivity contribution is -0.120. The Kier molecular flexibility index (Phi) is 5.94. The van der Waals surface area contributed by atoms with Gasteiger partial charge in [-0.2, -0.15) is 0 Å². The molecule has 0 bridgehead atoms. The maximum atomic E-state index is 12.4. The predicted molar refractivity (Wildman–Crippen MR) is 93.2 cm³/mol. The Hall–Kier alpha value is -1.89. The minimum absolute atomic E-state index is 0.0168. The van der Waals surface area contributed by atoms with Crippen LogP contribution < -0.4 is 0 Å². The van der Waals surface area contributed by atoms with Gasteiger partial charge >= 0.3 is 0 Å². The lowest BCUT2D eigenvalue weighted by Crippen LogP contribution is -2.10. The van der Waals surface area contributed by atoms with Gasteiger partial charge in [0.05, 0.1) is 0 Å². The number of carbonyl (C=O) groups excluding carboxylic acids is 1. The van der Waals surface area contributed by atoms with Gasteiger partial charge in [0, 0.05) is 12.3 Å². The van der Waals surface area contributed by atoms with Crippen molar-refractivity contribution < 1.29 is 4.79 Å². The summed E-state index contributed by atoms with van der Waals surface area (Å²) in [5.74, 6) is 0.966. The Bertz CT molecular complexity index is 581. The molecule has 2 rings (SSSR count). The van der Waals surface area contributed by atoms with E-state index in [9.17, 15) is 4.79 Å². The van der Waals surface area contributed by atoms with Crippen molar-refractivity contribution in [2.75, 3.05) is 0 Å². The molecule has 1 nitrogen and oxygen atoms in total. The molecule has 0 saturated carbocycles. The number of Topliss-reactive ketones (excluding diaryl/α,β-unsaturated/α-hetero) is 1. The van der Waals surface area contributed by atoms with Crippen molar-refractivity contribution in [2.45, 2.75) is 46.0 Å². The number of benzene rings is 2. The van der Waals surface area contributed by atoms with E-state index in [0.717, 1.165) is 18.4 Å². The predicted octanol–water partition coefficient (Wildman–Crippen LogP) is 5.19. The highest BCUT2D eigenvalue weighted by molar-refractivity contribution is 5.85. The molecule has 116 valence electrons. The van der Waals surface area contributed by atoms with E-state index < -0.39 is 0 Å². The van der Waals surface area contributed by atoms with Gasteiger partial charge in [-0.3, -0.25) is 4.79 Å². The molecule has 22 heavy (non-hydrogen) atoms. The number of carbonyl (C=O) groups is 1. The van der Waals surface area contributed by atoms with Gasteiger partial charge in [0.15, 0.2) is 0 Å². The van der Waals surface area contributed by atoms with E-state index in [1.54, 1.807) is 0 Å². The first-order chi connectivity index (χ1) is 10.6. The highest BCUT2D eigenvalue weighted by Crippen LogP contribution is 2.20. The van der Waals surface area contributed by atoms with Gasteiger partial charge in [0.2, 0.25) is 0 Å². The third-order valence-corrected chi connectivity index (χ3v) is 4.11. The topological polar surface area (TPSA) is 17.1 Å². The second-order valence-corrected chi connectivity index (χ2v) is 6.51. The van der Waals surface area contributed by atoms with Gasteiger partial charge in [-0.25, -0.2) is 0 Å². The van der Waals surface area contributed by atoms with Crippen molar-refractivity contribution in [3.63, 3.8) is 0 Å². The highest BCUT2D eigenvalue weighted by atomic mass is 16.1. The molecule has 0 amide bonds. The lowest BCUT2D eigenvalue weighted by Gasteiger charge is -2.12. The average Bonchev–Trinajstić information content (AvgIpc) is 2.53. The quantitative estimate of drug-likeness (QED) is 0.686. The van der Waals surface area contributed by atoms with Crippen molar-refractivity contribution in [2.24, 2.45) is 5.92 Å². The summed E-state index contributed by atoms with van der Waals surface area (Å²) in [4.78, 5) is 12.4. The standard InChI is InChI=1S/C21H26O/c1-16(2)15-19-9-12-20(13-10-19)17(3)21(22)14-11-18-7-5-4-6-8-18/h4-10,12-13,16-17H,11,14-15H2,1-3H3. The Morgan fingerprint density at radius 2 is 1.50 bits per heavy atom. The Labute approximate surface area is 134 Å². The van der Waals surface area contributed by atoms with E-state index in [4.69, 9.17) is 0 Å². The van der Waals surface area contributed by atoms with Gasteiger partial charge in [-0.1, -0.05) is 75.4 Å². The zero-order chi connectivity index (χ0) is 15.9. The summed E-state index contributed by atoms with van der Waals surface area (Å²) in [6.45, 7) is 6.47. The van der Waals surface area contributed by atoms with Crippen LogP contribution in [0.5, 0.6) is 0 Å². The maximum Gasteiger partial charge on any atom is 0.140 e. The second-order valence-electron chi connectivity index (χ2n) is 6.51. The summed E-state index contributed by atoms with van der Waals surface area (Å²) in [5.41, 5.74) is 3.71. The molecule has 1 heteroatoms. The molecule has 0 fully saturated rings. The number of rotatable bonds is 7. The molecule has 1 atom stereocenters. The molecule has 0 N–H and O–H groups in total. The van der Waals surface area contributed by atoms with Gasteiger partial charge in [-0.05, 0) is 35.4 Å². The summed E-state index contributed by atoms with van der Waals surface area (Å²) in [5, 5.41) is 0. The van der Waals surface area contributed by atoms with Gasteiger partial charge < -0.3 is 0 Å². The van der Waals surface area contributed by atoms with Crippen LogP contribution in [0.1, 0.15) is 49.8 Å². The first-order valence-corrected chi connectivity index (χ1v) is 8.21. The summed E-state index contributed by atoms with van der Waals surface area (Å²) in [6.07, 6.45) is 2.53. The van der Waals surface area contributed by atoms with E-state index in [1.807, 2.05) is 25.1 Å². The average molecular weight is 294 g/mol. The molecule has 0 spiro atoms. The van der Waals surface area contributed by atoms with E-state index in [-0.39, 0.29) is 5.92 Å². The van der Waals surface area contributed by atoms with Crippen molar-refractivity contribution in [1.29, 1.82) is 0 Å². The van der Waals surface area contributed by atoms with Crippen LogP contribution in [-0.4, -0.2) is 5.78 Å². The Morgan fingerprint density at radius 3 is 2.09 bits per heavy atom. The van der Waals surface area contributed by atoms with Gasteiger partial charge in [-0.15, -0.1) is 0 Å². The number of hydrogen-bond acceptors (Lipinski definition) is 1. The Balaban J connectivity index is 1.92. The molecular formula is C21H26O. The van der Waals surface area contributed by atoms with E-state index in [0.29, 0.717) is 18.1 Å². The van der Waals surface area contributed by atoms with Crippen molar-refractivity contribution in [1.82, 2.24) is 0 Å². The molecule has 0 aliphatic rings. The molecule has 2 aromatic carbocycles. The molecule has 0 aliphatic carbocycles. The minimum atomic E-state index is -0.0168. The number of aryl methyl sites for hydroxylation is 1. The first kappa shape index (κ1) is 16.5. The van der Waals surface area contributed by atoms with E-state index in [1.165, 1.54) is 11.1 Å². The fourth-order valence-corrected chi connectivity index (χ4v) is 2.73. The smallest absolute Gasteiger partial charge is 0.140 e. The van der Waals surface area contributed by atoms with Crippen molar-refractivity contribution in [3.8, 4) is 0 Å². The largest absolute Gasteiger partial charge is 0.299 e. The van der Waals surface area contributed by atoms with Crippen LogP contribution in [0.15, 0.2) is 54.6 Å². The zero-order valence-electron chi connectivity index (χ0n) is 13.9. The summed E-state index contributed by atoms with van der Waals surface area (Å²) in [7, 11) is 0. The zero-order valence-corrected chi connectivity index (χ0v) is 13.9. The highest BCUT2D eigenvalue weighted by Gasteiger charge is 2.15.